The van der Waals surface area contributed by atoms with Crippen LogP contribution in [0.3, 0.4) is 0 Å². The van der Waals surface area contributed by atoms with Crippen LogP contribution < -0.4 is 49.2 Å². The van der Waals surface area contributed by atoms with Crippen LogP contribution in [0.1, 0.15) is 85.0 Å². The van der Waals surface area contributed by atoms with Crippen LogP contribution in [0, 0.1) is 11.5 Å². The molecule has 2 rings (SSSR count). The number of amides is 1. The summed E-state index contributed by atoms with van der Waals surface area (Å²) in [4.78, 5) is 27.4. The fourth-order valence-corrected chi connectivity index (χ4v) is 4.32. The third-order valence-electron chi connectivity index (χ3n) is 6.55. The molecule has 48 heavy (non-hydrogen) atoms. The van der Waals surface area contributed by atoms with E-state index in [1.165, 1.54) is 0 Å². The Morgan fingerprint density at radius 1 is 0.833 bits per heavy atom. The zero-order chi connectivity index (χ0) is 34.2. The fourth-order valence-electron chi connectivity index (χ4n) is 4.20. The van der Waals surface area contributed by atoms with E-state index in [1.807, 2.05) is 51.2 Å². The second-order valence-electron chi connectivity index (χ2n) is 11.9. The number of aromatic nitrogens is 1. The molecule has 0 aliphatic rings. The van der Waals surface area contributed by atoms with Gasteiger partial charge in [-0.1, -0.05) is 50.1 Å². The summed E-state index contributed by atoms with van der Waals surface area (Å²) < 4.78 is 22.9. The number of carbonyl (C=O) groups excluding carboxylic acids is 2. The van der Waals surface area contributed by atoms with Crippen molar-refractivity contribution in [3.8, 4) is 11.9 Å². The zero-order valence-electron chi connectivity index (χ0n) is 28.3. The lowest BCUT2D eigenvalue weighted by molar-refractivity contribution is -0.727. The molecule has 12 nitrogen and oxygen atoms in total. The van der Waals surface area contributed by atoms with E-state index in [4.69, 9.17) is 35.8 Å². The van der Waals surface area contributed by atoms with Gasteiger partial charge in [0.1, 0.15) is 11.4 Å². The molecule has 0 aliphatic carbocycles. The number of rotatable bonds is 20. The number of unbranched alkanes of at least 4 members (excludes halogenated alkanes) is 8. The number of nitrogens with one attached hydrogen (secondary N) is 3. The molecule has 0 aliphatic heterocycles. The monoisotopic (exact) mass is 800 g/mol. The number of nitriles is 1. The number of aliphatic imine (C=N–C) groups is 1. The highest BCUT2D eigenvalue weighted by atomic mass is 127. The molecule has 14 heteroatoms. The minimum atomic E-state index is -0.713. The molecule has 3 N–H and O–H groups in total. The second-order valence-corrected chi connectivity index (χ2v) is 12.3. The summed E-state index contributed by atoms with van der Waals surface area (Å²) >= 11 is 5.88. The first-order chi connectivity index (χ1) is 22.6. The SMILES string of the molecule is CC(C)(C)OC(=O)NCCCCCCCCOC(=O)OC[n+]1ccc(NC(=NC#N)NCCCCCCOc2ccc(Cl)cc2)cc1.[I-]. The van der Waals surface area contributed by atoms with Crippen LogP contribution in [0.25, 0.3) is 0 Å². The van der Waals surface area contributed by atoms with Gasteiger partial charge in [-0.15, -0.1) is 4.99 Å². The van der Waals surface area contributed by atoms with Gasteiger partial charge < -0.3 is 58.9 Å². The molecule has 0 bridgehead atoms. The van der Waals surface area contributed by atoms with Gasteiger partial charge in [0.15, 0.2) is 12.4 Å². The Bertz CT molecular complexity index is 1250. The highest BCUT2D eigenvalue weighted by Crippen LogP contribution is 2.16. The minimum Gasteiger partial charge on any atom is -1.00 e. The Morgan fingerprint density at radius 3 is 2.04 bits per heavy atom. The normalized spacial score (nSPS) is 11.0. The maximum atomic E-state index is 11.9. The first-order valence-electron chi connectivity index (χ1n) is 16.3. The number of hydrogen-bond acceptors (Lipinski definition) is 8. The van der Waals surface area contributed by atoms with Gasteiger partial charge in [-0.05, 0) is 70.7 Å². The van der Waals surface area contributed by atoms with Gasteiger partial charge >= 0.3 is 12.2 Å². The first-order valence-corrected chi connectivity index (χ1v) is 16.6. The van der Waals surface area contributed by atoms with Gasteiger partial charge in [-0.2, -0.15) is 9.83 Å². The number of guanidine groups is 1. The maximum Gasteiger partial charge on any atom is 0.513 e. The van der Waals surface area contributed by atoms with E-state index in [9.17, 15) is 9.59 Å². The molecular formula is C34H50ClIN6O6. The minimum absolute atomic E-state index is 0. The molecule has 1 heterocycles. The lowest BCUT2D eigenvalue weighted by atomic mass is 10.1. The zero-order valence-corrected chi connectivity index (χ0v) is 31.2. The third-order valence-corrected chi connectivity index (χ3v) is 6.80. The van der Waals surface area contributed by atoms with Crippen LogP contribution in [0.4, 0.5) is 15.3 Å². The number of hydrogen-bond donors (Lipinski definition) is 3. The van der Waals surface area contributed by atoms with Gasteiger partial charge in [0.05, 0.1) is 18.9 Å². The summed E-state index contributed by atoms with van der Waals surface area (Å²) in [7, 11) is 0. The number of anilines is 1. The maximum absolute atomic E-state index is 11.9. The molecule has 1 amide bonds. The summed E-state index contributed by atoms with van der Waals surface area (Å²) in [6.07, 6.45) is 13.8. The van der Waals surface area contributed by atoms with Crippen LogP contribution in [0.15, 0.2) is 53.8 Å². The largest absolute Gasteiger partial charge is 1.00 e. The lowest BCUT2D eigenvalue weighted by Crippen LogP contribution is -3.00. The number of halogens is 2. The smallest absolute Gasteiger partial charge is 0.513 e. The molecule has 266 valence electrons. The fraction of sp³-hybridized carbons (Fsp3) is 0.559. The highest BCUT2D eigenvalue weighted by molar-refractivity contribution is 6.30. The van der Waals surface area contributed by atoms with Gasteiger partial charge in [-0.25, -0.2) is 9.59 Å². The van der Waals surface area contributed by atoms with Crippen molar-refractivity contribution in [3.05, 3.63) is 53.8 Å². The standard InChI is InChI=1S/C34H49ClN6O6.HI/c1-34(2,3)47-32(42)38-21-11-6-4-5-8-13-25-45-33(43)46-27-41-22-18-29(19-23-41)40-31(39-26-36)37-20-10-7-9-12-24-44-30-16-14-28(35)15-17-30;/h14-19,22-23H,4-13,20-21,24-25,27H2,1-3H3,(H2,37,38,39,42);1H. The molecule has 0 saturated heterocycles. The number of ether oxygens (including phenoxy) is 4. The second kappa shape index (κ2) is 25.5. The van der Waals surface area contributed by atoms with Crippen molar-refractivity contribution in [2.24, 2.45) is 4.99 Å². The summed E-state index contributed by atoms with van der Waals surface area (Å²) in [5.74, 6) is 1.18. The number of carbonyl (C=O) groups is 2. The number of alkyl carbamates (subject to hydrolysis) is 1. The first kappa shape index (κ1) is 42.5. The summed E-state index contributed by atoms with van der Waals surface area (Å²) in [6, 6.07) is 10.9. The average molecular weight is 801 g/mol. The summed E-state index contributed by atoms with van der Waals surface area (Å²) in [5, 5.41) is 18.8. The molecule has 2 aromatic rings. The van der Waals surface area contributed by atoms with E-state index in [0.717, 1.165) is 75.6 Å². The molecule has 0 atom stereocenters. The van der Waals surface area contributed by atoms with Gasteiger partial charge in [-0.3, -0.25) is 0 Å². The van der Waals surface area contributed by atoms with Crippen LogP contribution in [-0.2, 0) is 20.9 Å². The van der Waals surface area contributed by atoms with Gasteiger partial charge in [0.25, 0.3) is 6.73 Å². The van der Waals surface area contributed by atoms with Crippen molar-refractivity contribution in [1.29, 1.82) is 5.26 Å². The van der Waals surface area contributed by atoms with Crippen LogP contribution in [-0.4, -0.2) is 50.1 Å². The average Bonchev–Trinajstić information content (AvgIpc) is 3.03. The quantitative estimate of drug-likeness (QED) is 0.0343. The molecule has 0 spiro atoms. The van der Waals surface area contributed by atoms with Crippen molar-refractivity contribution in [3.63, 3.8) is 0 Å². The molecule has 1 aromatic carbocycles. The highest BCUT2D eigenvalue weighted by Gasteiger charge is 2.15. The van der Waals surface area contributed by atoms with Crippen LogP contribution in [0.2, 0.25) is 5.02 Å². The van der Waals surface area contributed by atoms with Gasteiger partial charge in [0, 0.05) is 30.2 Å². The Hall–Kier alpha value is -3.51. The van der Waals surface area contributed by atoms with Crippen molar-refractivity contribution in [2.45, 2.75) is 97.3 Å². The number of pyridine rings is 1. The molecule has 1 aromatic heterocycles. The third kappa shape index (κ3) is 22.1. The predicted molar refractivity (Wildman–Crippen MR) is 181 cm³/mol. The summed E-state index contributed by atoms with van der Waals surface area (Å²) in [6.45, 7) is 7.75. The lowest BCUT2D eigenvalue weighted by Gasteiger charge is -2.19. The van der Waals surface area contributed by atoms with Gasteiger partial charge in [0.2, 0.25) is 12.2 Å². The van der Waals surface area contributed by atoms with E-state index < -0.39 is 11.8 Å². The number of nitrogens with zero attached hydrogens (tertiary/aromatic N) is 3. The van der Waals surface area contributed by atoms with Crippen molar-refractivity contribution in [1.82, 2.24) is 10.6 Å². The van der Waals surface area contributed by atoms with E-state index in [1.54, 1.807) is 29.1 Å². The molecule has 0 saturated carbocycles. The summed E-state index contributed by atoms with van der Waals surface area (Å²) in [5.41, 5.74) is 0.238. The Balaban J connectivity index is 0.0000115. The Morgan fingerprint density at radius 2 is 1.42 bits per heavy atom. The van der Waals surface area contributed by atoms with Crippen LogP contribution >= 0.6 is 11.6 Å². The Labute approximate surface area is 306 Å². The molecular weight excluding hydrogens is 751 g/mol. The molecule has 0 fully saturated rings. The molecule has 0 unspecified atom stereocenters. The van der Waals surface area contributed by atoms with E-state index >= 15 is 0 Å². The van der Waals surface area contributed by atoms with Crippen molar-refractivity contribution < 1.29 is 57.1 Å². The van der Waals surface area contributed by atoms with Crippen molar-refractivity contribution >= 4 is 35.5 Å². The van der Waals surface area contributed by atoms with E-state index in [0.29, 0.717) is 37.3 Å². The van der Waals surface area contributed by atoms with Crippen molar-refractivity contribution in [2.75, 3.05) is 31.6 Å². The topological polar surface area (TPSA) is 147 Å². The predicted octanol–water partition coefficient (Wildman–Crippen LogP) is 4.09. The van der Waals surface area contributed by atoms with Crippen LogP contribution in [0.5, 0.6) is 5.75 Å². The van der Waals surface area contributed by atoms with E-state index in [2.05, 4.69) is 20.9 Å². The Kier molecular flexibility index (Phi) is 22.6. The number of benzene rings is 1. The molecule has 0 radical (unpaired) electrons. The van der Waals surface area contributed by atoms with E-state index in [-0.39, 0.29) is 36.8 Å².